The molecule has 3 aliphatic carbocycles. The Balaban J connectivity index is 0.000000162. The van der Waals surface area contributed by atoms with Crippen molar-refractivity contribution in [2.45, 2.75) is 232 Å². The number of pyridine rings is 4. The van der Waals surface area contributed by atoms with E-state index in [4.69, 9.17) is 0 Å². The number of nitrogens with zero attached hydrogens (tertiary/aromatic N) is 4. The van der Waals surface area contributed by atoms with Gasteiger partial charge in [-0.2, -0.15) is 0 Å². The molecule has 0 bridgehead atoms. The van der Waals surface area contributed by atoms with Crippen LogP contribution in [0.5, 0.6) is 0 Å². The van der Waals surface area contributed by atoms with Gasteiger partial charge in [0.05, 0.1) is 0 Å². The molecule has 0 atom stereocenters. The van der Waals surface area contributed by atoms with E-state index in [0.717, 1.165) is 23.7 Å². The third-order valence-corrected chi connectivity index (χ3v) is 38.9. The van der Waals surface area contributed by atoms with Gasteiger partial charge in [-0.3, -0.25) is 0 Å². The van der Waals surface area contributed by atoms with E-state index in [1.54, 1.807) is 39.8 Å². The van der Waals surface area contributed by atoms with Gasteiger partial charge >= 0.3 is 596 Å². The van der Waals surface area contributed by atoms with Gasteiger partial charge in [0.1, 0.15) is 0 Å². The second-order valence-corrected chi connectivity index (χ2v) is 75.8. The van der Waals surface area contributed by atoms with Crippen LogP contribution in [0.2, 0.25) is 69.1 Å². The van der Waals surface area contributed by atoms with E-state index < -0.39 is 53.1 Å². The van der Waals surface area contributed by atoms with Gasteiger partial charge in [0.15, 0.2) is 0 Å². The van der Waals surface area contributed by atoms with Crippen LogP contribution < -0.4 is 35.9 Å². The summed E-state index contributed by atoms with van der Waals surface area (Å²) < 4.78 is 16.2. The number of rotatable bonds is 16. The van der Waals surface area contributed by atoms with Crippen LogP contribution in [0.4, 0.5) is 0 Å². The molecule has 95 heavy (non-hydrogen) atoms. The molecule has 0 aliphatic heterocycles. The molecule has 3 saturated carbocycles. The van der Waals surface area contributed by atoms with Gasteiger partial charge in [-0.15, -0.1) is 0 Å². The van der Waals surface area contributed by atoms with Crippen molar-refractivity contribution in [1.82, 2.24) is 0 Å². The zero-order valence-corrected chi connectivity index (χ0v) is 72.4. The summed E-state index contributed by atoms with van der Waals surface area (Å²) in [7, 11) is 8.88. The molecule has 508 valence electrons. The van der Waals surface area contributed by atoms with Crippen LogP contribution in [0.25, 0.3) is 45.0 Å². The molecule has 0 N–H and O–H groups in total. The summed E-state index contributed by atoms with van der Waals surface area (Å²) >= 11 is -7.53. The summed E-state index contributed by atoms with van der Waals surface area (Å²) in [4.78, 5) is 0. The maximum atomic E-state index is 2.55. The fraction of sp³-hybridized carbons (Fsp3) is 0.494. The predicted molar refractivity (Wildman–Crippen MR) is 424 cm³/mol. The van der Waals surface area contributed by atoms with Crippen LogP contribution in [0.3, 0.4) is 0 Å². The number of aromatic nitrogens is 4. The average molecular weight is 1520 g/mol. The van der Waals surface area contributed by atoms with Gasteiger partial charge in [-0.05, 0) is 0 Å². The molecule has 0 amide bonds. The van der Waals surface area contributed by atoms with Crippen LogP contribution in [0.15, 0.2) is 146 Å². The van der Waals surface area contributed by atoms with Crippen molar-refractivity contribution >= 4 is 70.6 Å². The van der Waals surface area contributed by atoms with Crippen LogP contribution in [-0.2, 0) is 41.0 Å². The predicted octanol–water partition coefficient (Wildman–Crippen LogP) is 19.5. The van der Waals surface area contributed by atoms with Crippen molar-refractivity contribution in [2.24, 2.45) is 40.0 Å². The van der Waals surface area contributed by atoms with Gasteiger partial charge in [0.25, 0.3) is 0 Å². The van der Waals surface area contributed by atoms with Crippen molar-refractivity contribution in [3.63, 3.8) is 0 Å². The second-order valence-electron chi connectivity index (χ2n) is 33.5. The number of aryl methyl sites for hydroxylation is 8. The van der Waals surface area contributed by atoms with Gasteiger partial charge in [-0.1, -0.05) is 0 Å². The van der Waals surface area contributed by atoms with E-state index in [2.05, 4.69) is 303 Å². The third-order valence-electron chi connectivity index (χ3n) is 21.7. The molecule has 4 aromatic heterocycles. The first kappa shape index (κ1) is 76.4. The molecule has 0 unspecified atom stereocenters. The van der Waals surface area contributed by atoms with Gasteiger partial charge in [0, 0.05) is 0 Å². The first-order valence-corrected chi connectivity index (χ1v) is 66.6. The van der Waals surface area contributed by atoms with Crippen molar-refractivity contribution in [1.29, 1.82) is 0 Å². The van der Waals surface area contributed by atoms with E-state index in [0.29, 0.717) is 0 Å². The molecule has 4 heterocycles. The molecule has 11 rings (SSSR count). The average Bonchev–Trinajstić information content (AvgIpc) is 1.77. The summed E-state index contributed by atoms with van der Waals surface area (Å²) in [5, 5.41) is 0. The summed E-state index contributed by atoms with van der Waals surface area (Å²) in [6, 6.07) is 45.2. The Morgan fingerprint density at radius 3 is 0.937 bits per heavy atom. The Morgan fingerprint density at radius 1 is 0.347 bits per heavy atom. The monoisotopic (exact) mass is 1520 g/mol. The standard InChI is InChI=1S/2C22H32GeN.C22H34GeN.C21H30GeN/c1-17-10-6-9-13-20(17)22-15-19(14-18-11-7-8-12-18)21(16-24(22)5)23(2,3)4;1-17-11-9-10-14-19(17)22-15-20(18-12-7-6-8-13-18)21(16-24(22)5)23(2,3)4;1-8-18(9-2)14-19-15-22(20-13-11-10-12-17(20)3)24(7)16-21(19)23(4,5)6;1-16-10-6-9-13-18(16)21-14-19(17-11-7-8-12-17)20(15-23(21)5)22(2,3)4/h6,9-10,13,15-16,18H,7-8,11-12,14H2,1-5H3;9-11,14-16,18H,6-8,12-13H2,1-5H3;10-13,15-16,18H,8-9,14H2,1-7H3;6,9-10,13-15,17H,7-8,11-12H2,1-5H3/q4*+1. The van der Waals surface area contributed by atoms with Crippen LogP contribution in [0.1, 0.15) is 167 Å². The van der Waals surface area contributed by atoms with Crippen LogP contribution in [0, 0.1) is 39.5 Å². The van der Waals surface area contributed by atoms with Crippen molar-refractivity contribution < 1.29 is 18.3 Å². The Morgan fingerprint density at radius 2 is 0.621 bits per heavy atom. The van der Waals surface area contributed by atoms with Crippen molar-refractivity contribution in [3.05, 3.63) is 191 Å². The summed E-state index contributed by atoms with van der Waals surface area (Å²) in [5.41, 5.74) is 23.0. The Labute approximate surface area is 591 Å². The molecule has 0 radical (unpaired) electrons. The van der Waals surface area contributed by atoms with Gasteiger partial charge in [-0.25, -0.2) is 0 Å². The minimum absolute atomic E-state index is 0.780. The third kappa shape index (κ3) is 20.0. The quantitative estimate of drug-likeness (QED) is 0.0677. The minimum atomic E-state index is -1.90. The molecule has 4 nitrogen and oxygen atoms in total. The molecule has 0 saturated heterocycles. The molecule has 8 heteroatoms. The normalized spacial score (nSPS) is 15.1. The first-order chi connectivity index (χ1) is 44.9. The molecule has 0 spiro atoms. The van der Waals surface area contributed by atoms with Crippen LogP contribution >= 0.6 is 0 Å². The van der Waals surface area contributed by atoms with Gasteiger partial charge < -0.3 is 0 Å². The zero-order chi connectivity index (χ0) is 69.2. The Hall–Kier alpha value is -4.35. The van der Waals surface area contributed by atoms with E-state index in [9.17, 15) is 0 Å². The fourth-order valence-electron chi connectivity index (χ4n) is 15.9. The molecule has 3 aliphatic rings. The second kappa shape index (κ2) is 33.7. The molecule has 3 fully saturated rings. The summed E-state index contributed by atoms with van der Waals surface area (Å²) in [6.45, 7) is 13.5. The fourth-order valence-corrected chi connectivity index (χ4v) is 30.3. The Kier molecular flexibility index (Phi) is 27.1. The van der Waals surface area contributed by atoms with Crippen molar-refractivity contribution in [2.75, 3.05) is 0 Å². The SMILES string of the molecule is CCC(CC)Cc1cc(-c2ccccc2C)[n+](C)c[c]1[Ge]([CH3])([CH3])[CH3].Cc1ccccc1-c1cc(C2CCCC2)[c]([Ge]([CH3])([CH3])[CH3])c[n+]1C.Cc1ccccc1-c1cc(C2CCCCC2)[c]([Ge]([CH3])([CH3])[CH3])c[n+]1C.Cc1ccccc1-c1cc(CC2CCCC2)[c]([Ge]([CH3])([CH3])[CH3])c[n+]1C. The molecular weight excluding hydrogens is 1390 g/mol. The van der Waals surface area contributed by atoms with E-state index in [-0.39, 0.29) is 0 Å². The van der Waals surface area contributed by atoms with Crippen molar-refractivity contribution in [3.8, 4) is 45.0 Å². The molecule has 4 aromatic carbocycles. The number of benzene rings is 4. The van der Waals surface area contributed by atoms with Crippen LogP contribution in [-0.4, -0.2) is 53.1 Å². The summed E-state index contributed by atoms with van der Waals surface area (Å²) in [6.07, 6.45) is 33.2. The van der Waals surface area contributed by atoms with Gasteiger partial charge in [0.2, 0.25) is 0 Å². The zero-order valence-electron chi connectivity index (χ0n) is 64.0. The summed E-state index contributed by atoms with van der Waals surface area (Å²) in [5.74, 6) is 33.6. The Bertz CT molecular complexity index is 3730. The van der Waals surface area contributed by atoms with E-state index in [1.165, 1.54) is 176 Å². The molecule has 8 aromatic rings. The topological polar surface area (TPSA) is 15.5 Å². The van der Waals surface area contributed by atoms with E-state index in [1.807, 2.05) is 0 Å². The first-order valence-electron chi connectivity index (χ1n) is 37.3. The molecular formula is C87H128Ge4N4+4. The maximum absolute atomic E-state index is 2.55. The van der Waals surface area contributed by atoms with E-state index >= 15 is 0 Å². The number of hydrogen-bond donors (Lipinski definition) is 0. The number of hydrogen-bond acceptors (Lipinski definition) is 0.